The largest absolute Gasteiger partial charge is 0.368 e. The molecule has 0 bridgehead atoms. The normalized spacial score (nSPS) is 10.5. The van der Waals surface area contributed by atoms with E-state index in [0.717, 1.165) is 10.0 Å². The smallest absolute Gasteiger partial charge is 0.224 e. The van der Waals surface area contributed by atoms with Gasteiger partial charge in [-0.1, -0.05) is 23.4 Å². The molecule has 0 unspecified atom stereocenters. The van der Waals surface area contributed by atoms with Gasteiger partial charge in [0, 0.05) is 10.0 Å². The van der Waals surface area contributed by atoms with Crippen molar-refractivity contribution in [3.63, 3.8) is 0 Å². The summed E-state index contributed by atoms with van der Waals surface area (Å²) in [4.78, 5) is 12.4. The molecule has 0 fully saturated rings. The highest BCUT2D eigenvalue weighted by atomic mass is 79.9. The molecule has 4 nitrogen and oxygen atoms in total. The van der Waals surface area contributed by atoms with E-state index in [1.165, 1.54) is 11.8 Å². The minimum atomic E-state index is 0.213. The number of hydrogen-bond donors (Lipinski definition) is 1. The van der Waals surface area contributed by atoms with Gasteiger partial charge in [0.05, 0.1) is 5.02 Å². The topological polar surface area (TPSA) is 64.7 Å². The highest BCUT2D eigenvalue weighted by Gasteiger charge is 2.08. The van der Waals surface area contributed by atoms with Crippen LogP contribution in [0.2, 0.25) is 5.02 Å². The van der Waals surface area contributed by atoms with Crippen LogP contribution in [0.25, 0.3) is 11.4 Å². The van der Waals surface area contributed by atoms with Crippen molar-refractivity contribution in [1.82, 2.24) is 15.0 Å². The molecule has 88 valence electrons. The summed E-state index contributed by atoms with van der Waals surface area (Å²) in [5, 5.41) is 1.24. The zero-order chi connectivity index (χ0) is 12.4. The Morgan fingerprint density at radius 1 is 1.29 bits per heavy atom. The number of nitrogen functional groups attached to an aromatic ring is 1. The van der Waals surface area contributed by atoms with Crippen LogP contribution in [0.4, 0.5) is 5.95 Å². The fraction of sp³-hybridized carbons (Fsp3) is 0.100. The first kappa shape index (κ1) is 12.6. The lowest BCUT2D eigenvalue weighted by atomic mass is 10.2. The lowest BCUT2D eigenvalue weighted by Crippen LogP contribution is -2.01. The summed E-state index contributed by atoms with van der Waals surface area (Å²) in [5.74, 6) is 0.754. The summed E-state index contributed by atoms with van der Waals surface area (Å²) in [7, 11) is 0. The maximum Gasteiger partial charge on any atom is 0.224 e. The summed E-state index contributed by atoms with van der Waals surface area (Å²) in [6.07, 6.45) is 1.89. The molecule has 0 atom stereocenters. The predicted octanol–water partition coefficient (Wildman–Crippen LogP) is 3.26. The zero-order valence-electron chi connectivity index (χ0n) is 8.82. The Hall–Kier alpha value is -0.850. The Labute approximate surface area is 116 Å². The summed E-state index contributed by atoms with van der Waals surface area (Å²) >= 11 is 10.7. The van der Waals surface area contributed by atoms with Crippen molar-refractivity contribution in [2.24, 2.45) is 0 Å². The van der Waals surface area contributed by atoms with Crippen LogP contribution in [0.3, 0.4) is 0 Å². The Morgan fingerprint density at radius 3 is 2.71 bits per heavy atom. The monoisotopic (exact) mass is 330 g/mol. The Kier molecular flexibility index (Phi) is 3.86. The van der Waals surface area contributed by atoms with Crippen molar-refractivity contribution in [1.29, 1.82) is 0 Å². The number of anilines is 1. The molecule has 0 aliphatic heterocycles. The first-order valence-electron chi connectivity index (χ1n) is 4.61. The first-order chi connectivity index (χ1) is 8.10. The van der Waals surface area contributed by atoms with Gasteiger partial charge in [-0.25, -0.2) is 4.98 Å². The third kappa shape index (κ3) is 2.88. The number of benzene rings is 1. The van der Waals surface area contributed by atoms with Crippen LogP contribution in [-0.2, 0) is 0 Å². The second kappa shape index (κ2) is 5.20. The van der Waals surface area contributed by atoms with Gasteiger partial charge in [0.2, 0.25) is 5.95 Å². The van der Waals surface area contributed by atoms with Gasteiger partial charge in [0.25, 0.3) is 0 Å². The van der Waals surface area contributed by atoms with Crippen LogP contribution in [0, 0.1) is 0 Å². The molecule has 1 aromatic carbocycles. The van der Waals surface area contributed by atoms with Gasteiger partial charge in [0.1, 0.15) is 0 Å². The molecule has 17 heavy (non-hydrogen) atoms. The molecule has 0 saturated carbocycles. The van der Waals surface area contributed by atoms with Gasteiger partial charge < -0.3 is 5.73 Å². The van der Waals surface area contributed by atoms with E-state index in [0.29, 0.717) is 16.0 Å². The van der Waals surface area contributed by atoms with E-state index >= 15 is 0 Å². The molecule has 0 amide bonds. The van der Waals surface area contributed by atoms with E-state index in [1.54, 1.807) is 6.07 Å². The van der Waals surface area contributed by atoms with E-state index in [-0.39, 0.29) is 5.95 Å². The van der Waals surface area contributed by atoms with Crippen LogP contribution in [0.1, 0.15) is 0 Å². The number of thioether (sulfide) groups is 1. The summed E-state index contributed by atoms with van der Waals surface area (Å²) in [5.41, 5.74) is 6.47. The summed E-state index contributed by atoms with van der Waals surface area (Å²) in [6, 6.07) is 5.47. The van der Waals surface area contributed by atoms with Gasteiger partial charge in [-0.2, -0.15) is 9.97 Å². The standard InChI is InChI=1S/C10H8BrClN4S/c1-17-10-15-8(14-9(13)16-10)5-2-3-7(12)6(11)4-5/h2-4H,1H3,(H2,13,14,15,16). The summed E-state index contributed by atoms with van der Waals surface area (Å²) in [6.45, 7) is 0. The third-order valence-electron chi connectivity index (χ3n) is 1.99. The van der Waals surface area contributed by atoms with Crippen LogP contribution in [0.5, 0.6) is 0 Å². The van der Waals surface area contributed by atoms with Crippen molar-refractivity contribution in [3.8, 4) is 11.4 Å². The lowest BCUT2D eigenvalue weighted by molar-refractivity contribution is 0.927. The molecule has 0 aliphatic carbocycles. The van der Waals surface area contributed by atoms with E-state index in [9.17, 15) is 0 Å². The fourth-order valence-corrected chi connectivity index (χ4v) is 2.09. The SMILES string of the molecule is CSc1nc(N)nc(-c2ccc(Cl)c(Br)c2)n1. The third-order valence-corrected chi connectivity index (χ3v) is 3.75. The number of halogens is 2. The van der Waals surface area contributed by atoms with Crippen molar-refractivity contribution >= 4 is 45.2 Å². The lowest BCUT2D eigenvalue weighted by Gasteiger charge is -2.04. The van der Waals surface area contributed by atoms with Crippen molar-refractivity contribution in [2.45, 2.75) is 5.16 Å². The van der Waals surface area contributed by atoms with E-state index < -0.39 is 0 Å². The number of nitrogens with zero attached hydrogens (tertiary/aromatic N) is 3. The highest BCUT2D eigenvalue weighted by Crippen LogP contribution is 2.27. The molecule has 7 heteroatoms. The van der Waals surface area contributed by atoms with Crippen molar-refractivity contribution < 1.29 is 0 Å². The second-order valence-corrected chi connectivity index (χ2v) is 5.17. The molecule has 2 N–H and O–H groups in total. The first-order valence-corrected chi connectivity index (χ1v) is 7.00. The van der Waals surface area contributed by atoms with E-state index in [1.807, 2.05) is 18.4 Å². The fourth-order valence-electron chi connectivity index (χ4n) is 1.23. The zero-order valence-corrected chi connectivity index (χ0v) is 12.0. The Balaban J connectivity index is 2.52. The molecule has 1 heterocycles. The maximum atomic E-state index is 5.93. The number of nitrogens with two attached hydrogens (primary N) is 1. The summed E-state index contributed by atoms with van der Waals surface area (Å²) < 4.78 is 0.793. The van der Waals surface area contributed by atoms with Gasteiger partial charge in [0.15, 0.2) is 11.0 Å². The molecule has 1 aromatic heterocycles. The number of hydrogen-bond acceptors (Lipinski definition) is 5. The molecule has 0 saturated heterocycles. The number of aromatic nitrogens is 3. The van der Waals surface area contributed by atoms with Gasteiger partial charge in [-0.15, -0.1) is 0 Å². The number of rotatable bonds is 2. The molecule has 2 aromatic rings. The van der Waals surface area contributed by atoms with Gasteiger partial charge in [-0.05, 0) is 40.4 Å². The average Bonchev–Trinajstić information content (AvgIpc) is 2.32. The predicted molar refractivity (Wildman–Crippen MR) is 74.2 cm³/mol. The van der Waals surface area contributed by atoms with E-state index in [2.05, 4.69) is 30.9 Å². The van der Waals surface area contributed by atoms with Gasteiger partial charge in [-0.3, -0.25) is 0 Å². The quantitative estimate of drug-likeness (QED) is 0.856. The van der Waals surface area contributed by atoms with Crippen LogP contribution < -0.4 is 5.73 Å². The Morgan fingerprint density at radius 2 is 2.06 bits per heavy atom. The van der Waals surface area contributed by atoms with Crippen molar-refractivity contribution in [3.05, 3.63) is 27.7 Å². The highest BCUT2D eigenvalue weighted by molar-refractivity contribution is 9.10. The van der Waals surface area contributed by atoms with Crippen LogP contribution >= 0.6 is 39.3 Å². The van der Waals surface area contributed by atoms with Crippen molar-refractivity contribution in [2.75, 3.05) is 12.0 Å². The molecule has 0 spiro atoms. The second-order valence-electron chi connectivity index (χ2n) is 3.13. The van der Waals surface area contributed by atoms with Gasteiger partial charge >= 0.3 is 0 Å². The molecule has 0 aliphatic rings. The van der Waals surface area contributed by atoms with Crippen LogP contribution in [0.15, 0.2) is 27.8 Å². The minimum Gasteiger partial charge on any atom is -0.368 e. The van der Waals surface area contributed by atoms with E-state index in [4.69, 9.17) is 17.3 Å². The minimum absolute atomic E-state index is 0.213. The molecular formula is C10H8BrClN4S. The average molecular weight is 332 g/mol. The molecule has 0 radical (unpaired) electrons. The molecular weight excluding hydrogens is 324 g/mol. The molecule has 2 rings (SSSR count). The maximum absolute atomic E-state index is 5.93. The Bertz CT molecular complexity index is 564. The van der Waals surface area contributed by atoms with Crippen LogP contribution in [-0.4, -0.2) is 21.2 Å².